The van der Waals surface area contributed by atoms with Gasteiger partial charge in [-0.25, -0.2) is 0 Å². The summed E-state index contributed by atoms with van der Waals surface area (Å²) in [6.45, 7) is 5.29. The average Bonchev–Trinajstić information content (AvgIpc) is 2.95. The lowest BCUT2D eigenvalue weighted by atomic mass is 9.90. The monoisotopic (exact) mass is 332 g/mol. The summed E-state index contributed by atoms with van der Waals surface area (Å²) in [7, 11) is 0. The molecule has 0 saturated carbocycles. The zero-order valence-electron chi connectivity index (χ0n) is 13.1. The fourth-order valence-electron chi connectivity index (χ4n) is 1.82. The van der Waals surface area contributed by atoms with E-state index in [0.717, 1.165) is 0 Å². The van der Waals surface area contributed by atoms with E-state index in [4.69, 9.17) is 11.6 Å². The smallest absolute Gasteiger partial charge is 0.244 e. The topological polar surface area (TPSA) is 96.5 Å². The lowest BCUT2D eigenvalue weighted by Crippen LogP contribution is -2.50. The molecule has 7 nitrogen and oxygen atoms in total. The molecule has 0 aliphatic rings. The van der Waals surface area contributed by atoms with Crippen molar-refractivity contribution in [2.24, 2.45) is 5.92 Å². The minimum absolute atomic E-state index is 0.0289. The second-order valence-corrected chi connectivity index (χ2v) is 6.05. The highest BCUT2D eigenvalue weighted by Gasteiger charge is 2.30. The molecule has 0 saturated heterocycles. The first-order chi connectivity index (χ1) is 10.9. The Morgan fingerprint density at radius 3 is 2.78 bits per heavy atom. The van der Waals surface area contributed by atoms with Crippen LogP contribution in [-0.4, -0.2) is 31.7 Å². The zero-order chi connectivity index (χ0) is 17.0. The Labute approximate surface area is 139 Å². The number of hydrogen-bond acceptors (Lipinski definition) is 5. The molecule has 2 aromatic rings. The number of carbonyl (C=O) groups is 1. The van der Waals surface area contributed by atoms with Crippen molar-refractivity contribution in [2.45, 2.75) is 32.9 Å². The van der Waals surface area contributed by atoms with Crippen LogP contribution in [0.15, 0.2) is 24.3 Å². The Morgan fingerprint density at radius 1 is 1.48 bits per heavy atom. The first kappa shape index (κ1) is 16.9. The van der Waals surface area contributed by atoms with Crippen LogP contribution in [0.2, 0.25) is 5.02 Å². The number of rotatable bonds is 5. The molecule has 8 heteroatoms. The van der Waals surface area contributed by atoms with E-state index in [1.54, 1.807) is 25.1 Å². The minimum Gasteiger partial charge on any atom is -0.336 e. The van der Waals surface area contributed by atoms with Gasteiger partial charge in [0.1, 0.15) is 12.1 Å². The predicted octanol–water partition coefficient (Wildman–Crippen LogP) is 2.05. The lowest BCUT2D eigenvalue weighted by molar-refractivity contribution is -0.123. The number of nitrogens with zero attached hydrogens (tertiary/aromatic N) is 5. The summed E-state index contributed by atoms with van der Waals surface area (Å²) in [6, 6.07) is 9.24. The summed E-state index contributed by atoms with van der Waals surface area (Å²) < 4.78 is 0. The number of hydrogen-bond donors (Lipinski definition) is 1. The van der Waals surface area contributed by atoms with Gasteiger partial charge in [-0.2, -0.15) is 10.1 Å². The number of tetrazole rings is 1. The van der Waals surface area contributed by atoms with Gasteiger partial charge in [-0.15, -0.1) is 10.2 Å². The van der Waals surface area contributed by atoms with Crippen LogP contribution in [0.3, 0.4) is 0 Å². The van der Waals surface area contributed by atoms with E-state index in [-0.39, 0.29) is 18.4 Å². The molecule has 23 heavy (non-hydrogen) atoms. The van der Waals surface area contributed by atoms with E-state index in [9.17, 15) is 10.1 Å². The summed E-state index contributed by atoms with van der Waals surface area (Å²) in [5.74, 6) is -0.0417. The highest BCUT2D eigenvalue weighted by Crippen LogP contribution is 2.23. The predicted molar refractivity (Wildman–Crippen MR) is 85.3 cm³/mol. The van der Waals surface area contributed by atoms with Crippen LogP contribution < -0.4 is 5.32 Å². The van der Waals surface area contributed by atoms with Gasteiger partial charge in [0, 0.05) is 5.56 Å². The van der Waals surface area contributed by atoms with Gasteiger partial charge in [-0.3, -0.25) is 4.79 Å². The molecule has 0 bridgehead atoms. The van der Waals surface area contributed by atoms with E-state index >= 15 is 0 Å². The number of aromatic nitrogens is 4. The van der Waals surface area contributed by atoms with Crippen molar-refractivity contribution in [3.8, 4) is 17.5 Å². The second kappa shape index (κ2) is 6.75. The molecule has 1 aromatic carbocycles. The summed E-state index contributed by atoms with van der Waals surface area (Å²) >= 11 is 6.08. The van der Waals surface area contributed by atoms with E-state index in [2.05, 4.69) is 26.8 Å². The molecule has 1 aromatic heterocycles. The minimum atomic E-state index is -0.941. The van der Waals surface area contributed by atoms with Gasteiger partial charge in [0.15, 0.2) is 0 Å². The number of halogens is 1. The second-order valence-electron chi connectivity index (χ2n) is 5.64. The summed E-state index contributed by atoms with van der Waals surface area (Å²) in [4.78, 5) is 13.3. The fraction of sp³-hybridized carbons (Fsp3) is 0.400. The van der Waals surface area contributed by atoms with Gasteiger partial charge in [0.05, 0.1) is 11.1 Å². The molecule has 2 rings (SSSR count). The summed E-state index contributed by atoms with van der Waals surface area (Å²) in [5, 5.41) is 24.3. The Balaban J connectivity index is 2.10. The third-order valence-electron chi connectivity index (χ3n) is 3.64. The molecular formula is C15H17ClN6O. The van der Waals surface area contributed by atoms with Gasteiger partial charge in [0.25, 0.3) is 0 Å². The molecule has 1 N–H and O–H groups in total. The van der Waals surface area contributed by atoms with E-state index < -0.39 is 5.54 Å². The van der Waals surface area contributed by atoms with Gasteiger partial charge in [-0.1, -0.05) is 37.6 Å². The van der Waals surface area contributed by atoms with Crippen LogP contribution in [0.25, 0.3) is 11.4 Å². The lowest BCUT2D eigenvalue weighted by Gasteiger charge is -2.27. The summed E-state index contributed by atoms with van der Waals surface area (Å²) in [6.07, 6.45) is 0. The zero-order valence-corrected chi connectivity index (χ0v) is 13.9. The van der Waals surface area contributed by atoms with Crippen molar-refractivity contribution in [1.82, 2.24) is 25.5 Å². The number of carbonyl (C=O) groups excluding carboxylic acids is 1. The standard InChI is InChI=1S/C15H17ClN6O/c1-10(2)15(3,9-17)18-13(23)8-22-20-14(19-21-22)11-6-4-5-7-12(11)16/h4-7,10H,8H2,1-3H3,(H,18,23)/t15-/m1/s1. The SMILES string of the molecule is CC(C)[C@@](C)(C#N)NC(=O)Cn1nnc(-c2ccccc2Cl)n1. The van der Waals surface area contributed by atoms with Crippen molar-refractivity contribution in [3.63, 3.8) is 0 Å². The Kier molecular flexibility index (Phi) is 4.96. The highest BCUT2D eigenvalue weighted by atomic mass is 35.5. The molecule has 0 aliphatic heterocycles. The largest absolute Gasteiger partial charge is 0.336 e. The van der Waals surface area contributed by atoms with E-state index in [0.29, 0.717) is 16.4 Å². The third kappa shape index (κ3) is 3.85. The van der Waals surface area contributed by atoms with Crippen molar-refractivity contribution < 1.29 is 4.79 Å². The van der Waals surface area contributed by atoms with Crippen LogP contribution in [0.1, 0.15) is 20.8 Å². The molecule has 120 valence electrons. The van der Waals surface area contributed by atoms with Gasteiger partial charge in [0.2, 0.25) is 11.7 Å². The van der Waals surface area contributed by atoms with Crippen LogP contribution in [0.4, 0.5) is 0 Å². The summed E-state index contributed by atoms with van der Waals surface area (Å²) in [5.41, 5.74) is -0.298. The van der Waals surface area contributed by atoms with Gasteiger partial charge >= 0.3 is 0 Å². The van der Waals surface area contributed by atoms with Crippen molar-refractivity contribution >= 4 is 17.5 Å². The molecule has 0 unspecified atom stereocenters. The van der Waals surface area contributed by atoms with E-state index in [1.807, 2.05) is 19.9 Å². The van der Waals surface area contributed by atoms with Gasteiger partial charge < -0.3 is 5.32 Å². The van der Waals surface area contributed by atoms with Crippen molar-refractivity contribution in [1.29, 1.82) is 5.26 Å². The van der Waals surface area contributed by atoms with Crippen molar-refractivity contribution in [2.75, 3.05) is 0 Å². The fourth-order valence-corrected chi connectivity index (χ4v) is 2.04. The Bertz CT molecular complexity index is 750. The third-order valence-corrected chi connectivity index (χ3v) is 3.97. The normalized spacial score (nSPS) is 13.4. The maximum atomic E-state index is 12.1. The number of nitrogens with one attached hydrogen (secondary N) is 1. The Hall–Kier alpha value is -2.46. The maximum absolute atomic E-state index is 12.1. The molecular weight excluding hydrogens is 316 g/mol. The first-order valence-corrected chi connectivity index (χ1v) is 7.48. The molecule has 1 amide bonds. The van der Waals surface area contributed by atoms with Crippen LogP contribution in [-0.2, 0) is 11.3 Å². The molecule has 0 aliphatic carbocycles. The van der Waals surface area contributed by atoms with E-state index in [1.165, 1.54) is 4.80 Å². The first-order valence-electron chi connectivity index (χ1n) is 7.10. The molecule has 0 spiro atoms. The molecule has 1 atom stereocenters. The molecule has 1 heterocycles. The number of nitriles is 1. The van der Waals surface area contributed by atoms with Crippen molar-refractivity contribution in [3.05, 3.63) is 29.3 Å². The molecule has 0 fully saturated rings. The van der Waals surface area contributed by atoms with Crippen LogP contribution >= 0.6 is 11.6 Å². The number of amides is 1. The molecule has 0 radical (unpaired) electrons. The van der Waals surface area contributed by atoms with Crippen LogP contribution in [0, 0.1) is 17.2 Å². The number of benzene rings is 1. The van der Waals surface area contributed by atoms with Crippen LogP contribution in [0.5, 0.6) is 0 Å². The average molecular weight is 333 g/mol. The highest BCUT2D eigenvalue weighted by molar-refractivity contribution is 6.33. The van der Waals surface area contributed by atoms with Gasteiger partial charge in [-0.05, 0) is 30.2 Å². The Morgan fingerprint density at radius 2 is 2.17 bits per heavy atom. The quantitative estimate of drug-likeness (QED) is 0.903. The maximum Gasteiger partial charge on any atom is 0.244 e.